The Morgan fingerprint density at radius 3 is 2.67 bits per heavy atom. The average molecular weight is 265 g/mol. The molecule has 0 bridgehead atoms. The molecule has 1 aliphatic rings. The summed E-state index contributed by atoms with van der Waals surface area (Å²) in [4.78, 5) is 2.13. The molecule has 1 fully saturated rings. The molecule has 80 valence electrons. The van der Waals surface area contributed by atoms with Gasteiger partial charge in [-0.05, 0) is 41.6 Å². The van der Waals surface area contributed by atoms with Gasteiger partial charge in [0.05, 0.1) is 0 Å². The lowest BCUT2D eigenvalue weighted by Crippen LogP contribution is -2.17. The third-order valence-corrected chi connectivity index (χ3v) is 4.12. The standard InChI is InChI=1S/C14H17Br/c1-11-13(10-15)8-5-9-14(11)12-6-3-2-4-7-12/h2-4,6-7,10-11,14H,5,8-9H2,1H3/b13-10+/t11-,14-/m0/s1. The van der Waals surface area contributed by atoms with Gasteiger partial charge in [0.25, 0.3) is 0 Å². The summed E-state index contributed by atoms with van der Waals surface area (Å²) < 4.78 is 0. The van der Waals surface area contributed by atoms with Crippen LogP contribution >= 0.6 is 15.9 Å². The maximum atomic E-state index is 3.49. The third kappa shape index (κ3) is 2.34. The second kappa shape index (κ2) is 4.98. The van der Waals surface area contributed by atoms with Gasteiger partial charge >= 0.3 is 0 Å². The molecule has 0 unspecified atom stereocenters. The fraction of sp³-hybridized carbons (Fsp3) is 0.429. The number of benzene rings is 1. The second-order valence-electron chi connectivity index (χ2n) is 4.38. The Bertz CT molecular complexity index is 340. The summed E-state index contributed by atoms with van der Waals surface area (Å²) in [5.41, 5.74) is 3.06. The molecule has 1 aromatic rings. The summed E-state index contributed by atoms with van der Waals surface area (Å²) in [5.74, 6) is 1.39. The Hall–Kier alpha value is -0.560. The largest absolute Gasteiger partial charge is 0.0622 e. The maximum absolute atomic E-state index is 3.49. The van der Waals surface area contributed by atoms with Crippen molar-refractivity contribution in [3.05, 3.63) is 46.5 Å². The minimum absolute atomic E-state index is 0.681. The van der Waals surface area contributed by atoms with E-state index in [1.165, 1.54) is 24.8 Å². The molecule has 0 heterocycles. The van der Waals surface area contributed by atoms with E-state index in [1.807, 2.05) is 0 Å². The highest BCUT2D eigenvalue weighted by Gasteiger charge is 2.25. The molecule has 0 N–H and O–H groups in total. The van der Waals surface area contributed by atoms with Gasteiger partial charge in [0.15, 0.2) is 0 Å². The Morgan fingerprint density at radius 1 is 1.27 bits per heavy atom. The monoisotopic (exact) mass is 264 g/mol. The van der Waals surface area contributed by atoms with Crippen molar-refractivity contribution in [2.45, 2.75) is 32.1 Å². The van der Waals surface area contributed by atoms with E-state index in [4.69, 9.17) is 0 Å². The van der Waals surface area contributed by atoms with Gasteiger partial charge in [0, 0.05) is 0 Å². The molecule has 1 heteroatoms. The van der Waals surface area contributed by atoms with Gasteiger partial charge in [0.2, 0.25) is 0 Å². The van der Waals surface area contributed by atoms with Crippen LogP contribution in [0.2, 0.25) is 0 Å². The lowest BCUT2D eigenvalue weighted by atomic mass is 9.74. The van der Waals surface area contributed by atoms with Crippen LogP contribution in [0, 0.1) is 5.92 Å². The average Bonchev–Trinajstić information content (AvgIpc) is 2.30. The first-order valence-corrected chi connectivity index (χ1v) is 6.58. The van der Waals surface area contributed by atoms with E-state index in [0.717, 1.165) is 0 Å². The van der Waals surface area contributed by atoms with E-state index in [9.17, 15) is 0 Å². The molecule has 0 spiro atoms. The molecule has 0 aromatic heterocycles. The lowest BCUT2D eigenvalue weighted by Gasteiger charge is -2.31. The first-order chi connectivity index (χ1) is 7.33. The Morgan fingerprint density at radius 2 is 2.00 bits per heavy atom. The summed E-state index contributed by atoms with van der Waals surface area (Å²) in [6.45, 7) is 2.35. The molecular weight excluding hydrogens is 248 g/mol. The molecule has 0 saturated heterocycles. The fourth-order valence-electron chi connectivity index (χ4n) is 2.57. The Balaban J connectivity index is 2.23. The van der Waals surface area contributed by atoms with Crippen molar-refractivity contribution in [3.8, 4) is 0 Å². The summed E-state index contributed by atoms with van der Waals surface area (Å²) in [6.07, 6.45) is 3.91. The van der Waals surface area contributed by atoms with Crippen LogP contribution in [-0.4, -0.2) is 0 Å². The number of rotatable bonds is 1. The molecule has 1 aliphatic carbocycles. The van der Waals surface area contributed by atoms with E-state index in [2.05, 4.69) is 58.2 Å². The van der Waals surface area contributed by atoms with E-state index in [0.29, 0.717) is 11.8 Å². The number of halogens is 1. The van der Waals surface area contributed by atoms with Crippen LogP contribution in [0.1, 0.15) is 37.7 Å². The summed E-state index contributed by atoms with van der Waals surface area (Å²) in [6, 6.07) is 10.9. The molecule has 15 heavy (non-hydrogen) atoms. The second-order valence-corrected chi connectivity index (χ2v) is 4.84. The molecule has 0 radical (unpaired) electrons. The smallest absolute Gasteiger partial charge is 0.00986 e. The van der Waals surface area contributed by atoms with E-state index in [1.54, 1.807) is 5.57 Å². The zero-order valence-corrected chi connectivity index (χ0v) is 10.7. The van der Waals surface area contributed by atoms with Crippen molar-refractivity contribution >= 4 is 15.9 Å². The Labute approximate surface area is 101 Å². The highest BCUT2D eigenvalue weighted by molar-refractivity contribution is 9.11. The van der Waals surface area contributed by atoms with Crippen LogP contribution in [0.3, 0.4) is 0 Å². The highest BCUT2D eigenvalue weighted by Crippen LogP contribution is 2.40. The van der Waals surface area contributed by atoms with E-state index < -0.39 is 0 Å². The van der Waals surface area contributed by atoms with Crippen molar-refractivity contribution in [3.63, 3.8) is 0 Å². The van der Waals surface area contributed by atoms with Gasteiger partial charge in [-0.1, -0.05) is 58.8 Å². The summed E-state index contributed by atoms with van der Waals surface area (Å²) >= 11 is 3.49. The van der Waals surface area contributed by atoms with Gasteiger partial charge in [0.1, 0.15) is 0 Å². The van der Waals surface area contributed by atoms with Gasteiger partial charge < -0.3 is 0 Å². The fourth-order valence-corrected chi connectivity index (χ4v) is 3.22. The molecule has 1 aromatic carbocycles. The summed E-state index contributed by atoms with van der Waals surface area (Å²) in [7, 11) is 0. The van der Waals surface area contributed by atoms with Crippen LogP contribution in [0.4, 0.5) is 0 Å². The van der Waals surface area contributed by atoms with Crippen molar-refractivity contribution in [1.82, 2.24) is 0 Å². The zero-order valence-electron chi connectivity index (χ0n) is 9.12. The van der Waals surface area contributed by atoms with E-state index in [-0.39, 0.29) is 0 Å². The maximum Gasteiger partial charge on any atom is -0.00986 e. The first kappa shape index (κ1) is 10.9. The minimum atomic E-state index is 0.681. The van der Waals surface area contributed by atoms with Crippen LogP contribution < -0.4 is 0 Å². The number of hydrogen-bond acceptors (Lipinski definition) is 0. The predicted molar refractivity (Wildman–Crippen MR) is 69.2 cm³/mol. The summed E-state index contributed by atoms with van der Waals surface area (Å²) in [5, 5.41) is 0. The predicted octanol–water partition coefficient (Wildman–Crippen LogP) is 4.87. The topological polar surface area (TPSA) is 0 Å². The van der Waals surface area contributed by atoms with Gasteiger partial charge in [-0.15, -0.1) is 0 Å². The normalized spacial score (nSPS) is 29.3. The SMILES string of the molecule is C[C@H]1/C(=C/Br)CCC[C@@H]1c1ccccc1. The van der Waals surface area contributed by atoms with Crippen LogP contribution in [0.5, 0.6) is 0 Å². The zero-order chi connectivity index (χ0) is 10.7. The van der Waals surface area contributed by atoms with Crippen LogP contribution in [0.25, 0.3) is 0 Å². The molecule has 2 rings (SSSR count). The number of hydrogen-bond donors (Lipinski definition) is 0. The van der Waals surface area contributed by atoms with E-state index >= 15 is 0 Å². The van der Waals surface area contributed by atoms with Crippen molar-refractivity contribution < 1.29 is 0 Å². The first-order valence-electron chi connectivity index (χ1n) is 5.67. The van der Waals surface area contributed by atoms with Crippen molar-refractivity contribution in [2.24, 2.45) is 5.92 Å². The number of allylic oxidation sites excluding steroid dienone is 1. The van der Waals surface area contributed by atoms with Gasteiger partial charge in [-0.25, -0.2) is 0 Å². The molecule has 0 aliphatic heterocycles. The molecule has 0 nitrogen and oxygen atoms in total. The van der Waals surface area contributed by atoms with Crippen molar-refractivity contribution in [1.29, 1.82) is 0 Å². The van der Waals surface area contributed by atoms with Gasteiger partial charge in [-0.3, -0.25) is 0 Å². The molecule has 2 atom stereocenters. The molecule has 0 amide bonds. The highest BCUT2D eigenvalue weighted by atomic mass is 79.9. The van der Waals surface area contributed by atoms with Crippen LogP contribution in [-0.2, 0) is 0 Å². The molecule has 1 saturated carbocycles. The Kier molecular flexibility index (Phi) is 3.63. The molecular formula is C14H17Br. The lowest BCUT2D eigenvalue weighted by molar-refractivity contribution is 0.415. The minimum Gasteiger partial charge on any atom is -0.0622 e. The third-order valence-electron chi connectivity index (χ3n) is 3.54. The van der Waals surface area contributed by atoms with Crippen LogP contribution in [0.15, 0.2) is 40.9 Å². The van der Waals surface area contributed by atoms with Crippen molar-refractivity contribution in [2.75, 3.05) is 0 Å². The van der Waals surface area contributed by atoms with Gasteiger partial charge in [-0.2, -0.15) is 0 Å². The quantitative estimate of drug-likeness (QED) is 0.679.